The van der Waals surface area contributed by atoms with Crippen LogP contribution in [0.25, 0.3) is 0 Å². The fourth-order valence-electron chi connectivity index (χ4n) is 2.77. The SMILES string of the molecule is COc1ccc(CCNC(=O)CCN2CCC(C)CC2)cc1. The number of ether oxygens (including phenoxy) is 1. The van der Waals surface area contributed by atoms with E-state index in [-0.39, 0.29) is 5.91 Å². The van der Waals surface area contributed by atoms with E-state index in [1.165, 1.54) is 18.4 Å². The molecule has 4 heteroatoms. The minimum Gasteiger partial charge on any atom is -0.497 e. The molecule has 0 spiro atoms. The van der Waals surface area contributed by atoms with E-state index >= 15 is 0 Å². The Morgan fingerprint density at radius 3 is 2.59 bits per heavy atom. The summed E-state index contributed by atoms with van der Waals surface area (Å²) in [6.45, 7) is 6.17. The van der Waals surface area contributed by atoms with Gasteiger partial charge in [0.1, 0.15) is 5.75 Å². The zero-order valence-electron chi connectivity index (χ0n) is 13.8. The summed E-state index contributed by atoms with van der Waals surface area (Å²) in [6.07, 6.45) is 3.99. The third kappa shape index (κ3) is 5.68. The van der Waals surface area contributed by atoms with Gasteiger partial charge in [-0.05, 0) is 56.0 Å². The third-order valence-electron chi connectivity index (χ3n) is 4.43. The van der Waals surface area contributed by atoms with Crippen LogP contribution in [0.15, 0.2) is 24.3 Å². The fourth-order valence-corrected chi connectivity index (χ4v) is 2.77. The van der Waals surface area contributed by atoms with Gasteiger partial charge in [-0.25, -0.2) is 0 Å². The molecule has 122 valence electrons. The van der Waals surface area contributed by atoms with Crippen molar-refractivity contribution >= 4 is 5.91 Å². The number of benzene rings is 1. The molecule has 1 N–H and O–H groups in total. The highest BCUT2D eigenvalue weighted by Crippen LogP contribution is 2.15. The second-order valence-electron chi connectivity index (χ2n) is 6.22. The summed E-state index contributed by atoms with van der Waals surface area (Å²) in [7, 11) is 1.66. The minimum atomic E-state index is 0.159. The molecular weight excluding hydrogens is 276 g/mol. The normalized spacial score (nSPS) is 16.5. The van der Waals surface area contributed by atoms with Crippen LogP contribution in [0.5, 0.6) is 5.75 Å². The summed E-state index contributed by atoms with van der Waals surface area (Å²) in [4.78, 5) is 14.3. The van der Waals surface area contributed by atoms with Gasteiger partial charge in [-0.1, -0.05) is 19.1 Å². The van der Waals surface area contributed by atoms with Gasteiger partial charge < -0.3 is 15.0 Å². The average molecular weight is 304 g/mol. The number of hydrogen-bond acceptors (Lipinski definition) is 3. The highest BCUT2D eigenvalue weighted by molar-refractivity contribution is 5.76. The molecule has 1 aliphatic heterocycles. The Bertz CT molecular complexity index is 451. The second kappa shape index (κ2) is 8.79. The lowest BCUT2D eigenvalue weighted by Crippen LogP contribution is -2.36. The molecule has 0 saturated carbocycles. The molecule has 1 aromatic rings. The Morgan fingerprint density at radius 2 is 1.95 bits per heavy atom. The number of nitrogens with one attached hydrogen (secondary N) is 1. The van der Waals surface area contributed by atoms with Crippen LogP contribution in [-0.4, -0.2) is 44.1 Å². The maximum Gasteiger partial charge on any atom is 0.221 e. The largest absolute Gasteiger partial charge is 0.497 e. The summed E-state index contributed by atoms with van der Waals surface area (Å²) in [5, 5.41) is 3.01. The third-order valence-corrected chi connectivity index (χ3v) is 4.43. The molecule has 0 aromatic heterocycles. The van der Waals surface area contributed by atoms with Crippen LogP contribution in [0.3, 0.4) is 0 Å². The molecule has 0 unspecified atom stereocenters. The number of nitrogens with zero attached hydrogens (tertiary/aromatic N) is 1. The Balaban J connectivity index is 1.59. The van der Waals surface area contributed by atoms with Crippen molar-refractivity contribution in [2.75, 3.05) is 33.3 Å². The van der Waals surface area contributed by atoms with Crippen molar-refractivity contribution in [1.29, 1.82) is 0 Å². The number of piperidine rings is 1. The van der Waals surface area contributed by atoms with Crippen LogP contribution in [0, 0.1) is 5.92 Å². The van der Waals surface area contributed by atoms with Crippen molar-refractivity contribution in [2.45, 2.75) is 32.6 Å². The van der Waals surface area contributed by atoms with Crippen LogP contribution in [0.4, 0.5) is 0 Å². The number of methoxy groups -OCH3 is 1. The van der Waals surface area contributed by atoms with E-state index in [0.29, 0.717) is 13.0 Å². The summed E-state index contributed by atoms with van der Waals surface area (Å²) in [5.74, 6) is 1.87. The number of hydrogen-bond donors (Lipinski definition) is 1. The van der Waals surface area contributed by atoms with Crippen molar-refractivity contribution in [3.63, 3.8) is 0 Å². The number of rotatable bonds is 7. The van der Waals surface area contributed by atoms with Crippen LogP contribution in [0.1, 0.15) is 31.7 Å². The molecule has 0 atom stereocenters. The van der Waals surface area contributed by atoms with E-state index in [0.717, 1.165) is 37.7 Å². The number of amides is 1. The van der Waals surface area contributed by atoms with Crippen LogP contribution >= 0.6 is 0 Å². The van der Waals surface area contributed by atoms with Crippen molar-refractivity contribution in [3.05, 3.63) is 29.8 Å². The zero-order chi connectivity index (χ0) is 15.8. The minimum absolute atomic E-state index is 0.159. The van der Waals surface area contributed by atoms with Crippen LogP contribution in [0.2, 0.25) is 0 Å². The maximum absolute atomic E-state index is 11.9. The Kier molecular flexibility index (Phi) is 6.72. The lowest BCUT2D eigenvalue weighted by Gasteiger charge is -2.29. The first-order valence-corrected chi connectivity index (χ1v) is 8.29. The molecule has 22 heavy (non-hydrogen) atoms. The van der Waals surface area contributed by atoms with Gasteiger partial charge in [0.15, 0.2) is 0 Å². The number of carbonyl (C=O) groups excluding carboxylic acids is 1. The summed E-state index contributed by atoms with van der Waals surface area (Å²) >= 11 is 0. The van der Waals surface area contributed by atoms with E-state index < -0.39 is 0 Å². The average Bonchev–Trinajstić information content (AvgIpc) is 2.55. The van der Waals surface area contributed by atoms with Crippen molar-refractivity contribution in [3.8, 4) is 5.75 Å². The smallest absolute Gasteiger partial charge is 0.221 e. The molecule has 0 aliphatic carbocycles. The first kappa shape index (κ1) is 16.8. The van der Waals surface area contributed by atoms with Gasteiger partial charge in [0.05, 0.1) is 7.11 Å². The van der Waals surface area contributed by atoms with Gasteiger partial charge in [0.25, 0.3) is 0 Å². The van der Waals surface area contributed by atoms with Gasteiger partial charge >= 0.3 is 0 Å². The molecule has 2 rings (SSSR count). The molecule has 1 saturated heterocycles. The molecular formula is C18H28N2O2. The molecule has 0 bridgehead atoms. The topological polar surface area (TPSA) is 41.6 Å². The van der Waals surface area contributed by atoms with E-state index in [1.807, 2.05) is 24.3 Å². The van der Waals surface area contributed by atoms with E-state index in [1.54, 1.807) is 7.11 Å². The highest BCUT2D eigenvalue weighted by atomic mass is 16.5. The summed E-state index contributed by atoms with van der Waals surface area (Å²) in [6, 6.07) is 7.99. The molecule has 1 fully saturated rings. The van der Waals surface area contributed by atoms with Gasteiger partial charge in [-0.3, -0.25) is 4.79 Å². The lowest BCUT2D eigenvalue weighted by molar-refractivity contribution is -0.121. The first-order valence-electron chi connectivity index (χ1n) is 8.29. The van der Waals surface area contributed by atoms with Crippen molar-refractivity contribution in [1.82, 2.24) is 10.2 Å². The Labute approximate surface area is 133 Å². The lowest BCUT2D eigenvalue weighted by atomic mass is 9.99. The van der Waals surface area contributed by atoms with Gasteiger partial charge in [-0.2, -0.15) is 0 Å². The Hall–Kier alpha value is -1.55. The first-order chi connectivity index (χ1) is 10.7. The molecule has 1 heterocycles. The van der Waals surface area contributed by atoms with Crippen molar-refractivity contribution < 1.29 is 9.53 Å². The molecule has 1 aromatic carbocycles. The number of likely N-dealkylation sites (tertiary alicyclic amines) is 1. The predicted octanol–water partition coefficient (Wildman–Crippen LogP) is 2.48. The van der Waals surface area contributed by atoms with Gasteiger partial charge in [0, 0.05) is 19.5 Å². The molecule has 0 radical (unpaired) electrons. The van der Waals surface area contributed by atoms with Crippen LogP contribution in [-0.2, 0) is 11.2 Å². The quantitative estimate of drug-likeness (QED) is 0.841. The molecule has 4 nitrogen and oxygen atoms in total. The Morgan fingerprint density at radius 1 is 1.27 bits per heavy atom. The monoisotopic (exact) mass is 304 g/mol. The standard InChI is InChI=1S/C18H28N2O2/c1-15-8-12-20(13-9-15)14-10-18(21)19-11-7-16-3-5-17(22-2)6-4-16/h3-6,15H,7-14H2,1-2H3,(H,19,21). The zero-order valence-corrected chi connectivity index (χ0v) is 13.8. The predicted molar refractivity (Wildman–Crippen MR) is 89.2 cm³/mol. The van der Waals surface area contributed by atoms with E-state index in [2.05, 4.69) is 17.1 Å². The van der Waals surface area contributed by atoms with E-state index in [4.69, 9.17) is 4.74 Å². The number of carbonyl (C=O) groups is 1. The highest BCUT2D eigenvalue weighted by Gasteiger charge is 2.15. The van der Waals surface area contributed by atoms with Crippen molar-refractivity contribution in [2.24, 2.45) is 5.92 Å². The van der Waals surface area contributed by atoms with E-state index in [9.17, 15) is 4.79 Å². The van der Waals surface area contributed by atoms with Gasteiger partial charge in [-0.15, -0.1) is 0 Å². The van der Waals surface area contributed by atoms with Crippen LogP contribution < -0.4 is 10.1 Å². The maximum atomic E-state index is 11.9. The molecule has 1 aliphatic rings. The fraction of sp³-hybridized carbons (Fsp3) is 0.611. The second-order valence-corrected chi connectivity index (χ2v) is 6.22. The summed E-state index contributed by atoms with van der Waals surface area (Å²) < 4.78 is 5.13. The van der Waals surface area contributed by atoms with Gasteiger partial charge in [0.2, 0.25) is 5.91 Å². The summed E-state index contributed by atoms with van der Waals surface area (Å²) in [5.41, 5.74) is 1.21. The molecule has 1 amide bonds.